The molecule has 0 spiro atoms. The van der Waals surface area contributed by atoms with Crippen LogP contribution in [0.3, 0.4) is 0 Å². The minimum Gasteiger partial charge on any atom is -0.508 e. The first-order valence-corrected chi connectivity index (χ1v) is 13.3. The number of likely N-dealkylation sites (tertiary alicyclic amines) is 1. The topological polar surface area (TPSA) is 59.0 Å². The molecule has 5 nitrogen and oxygen atoms in total. The van der Waals surface area contributed by atoms with E-state index in [0.29, 0.717) is 33.6 Å². The third-order valence-corrected chi connectivity index (χ3v) is 7.86. The maximum absolute atomic E-state index is 13.5. The summed E-state index contributed by atoms with van der Waals surface area (Å²) in [6.07, 6.45) is 1.25. The number of ketones is 1. The van der Waals surface area contributed by atoms with Gasteiger partial charge in [-0.2, -0.15) is 0 Å². The standard InChI is InChI=1S/C29H28ClNO4S/c1-18-11-12-31(17-18)13-14-34-22-5-7-23(8-6-22)35-28-25-10-4-21(32)16-26(25)36-29(28)27(33)24-9-3-20(30)15-19(24)2/h3-10,15-16,18,32H,11-14,17H2,1-2H3/t18-/m0/s1. The molecular formula is C29H28ClNO4S. The van der Waals surface area contributed by atoms with Crippen molar-refractivity contribution in [2.24, 2.45) is 5.92 Å². The molecule has 1 fully saturated rings. The summed E-state index contributed by atoms with van der Waals surface area (Å²) in [5, 5.41) is 11.3. The largest absolute Gasteiger partial charge is 0.508 e. The molecule has 1 saturated heterocycles. The van der Waals surface area contributed by atoms with Gasteiger partial charge in [-0.1, -0.05) is 18.5 Å². The molecule has 5 rings (SSSR count). The number of carbonyl (C=O) groups is 1. The summed E-state index contributed by atoms with van der Waals surface area (Å²) in [7, 11) is 0. The van der Waals surface area contributed by atoms with Gasteiger partial charge in [-0.15, -0.1) is 11.3 Å². The summed E-state index contributed by atoms with van der Waals surface area (Å²) in [5.74, 6) is 2.62. The van der Waals surface area contributed by atoms with Crippen LogP contribution in [0.15, 0.2) is 60.7 Å². The van der Waals surface area contributed by atoms with Crippen LogP contribution in [0.2, 0.25) is 5.02 Å². The predicted molar refractivity (Wildman–Crippen MR) is 145 cm³/mol. The molecule has 36 heavy (non-hydrogen) atoms. The molecule has 0 aliphatic carbocycles. The van der Waals surface area contributed by atoms with Gasteiger partial charge in [0.05, 0.1) is 0 Å². The average molecular weight is 522 g/mol. The molecule has 0 unspecified atom stereocenters. The highest BCUT2D eigenvalue weighted by Gasteiger charge is 2.23. The molecule has 186 valence electrons. The van der Waals surface area contributed by atoms with Gasteiger partial charge in [0.25, 0.3) is 0 Å². The number of ether oxygens (including phenoxy) is 2. The molecule has 1 aliphatic heterocycles. The monoisotopic (exact) mass is 521 g/mol. The van der Waals surface area contributed by atoms with E-state index in [2.05, 4.69) is 11.8 Å². The number of thiophene rings is 1. The molecule has 1 aliphatic rings. The zero-order valence-corrected chi connectivity index (χ0v) is 21.9. The minimum absolute atomic E-state index is 0.141. The van der Waals surface area contributed by atoms with Crippen LogP contribution in [-0.4, -0.2) is 42.0 Å². The number of benzene rings is 3. The zero-order chi connectivity index (χ0) is 25.2. The highest BCUT2D eigenvalue weighted by Crippen LogP contribution is 2.43. The zero-order valence-electron chi connectivity index (χ0n) is 20.3. The lowest BCUT2D eigenvalue weighted by atomic mass is 10.0. The van der Waals surface area contributed by atoms with E-state index in [1.165, 1.54) is 17.8 Å². The number of nitrogens with zero attached hydrogens (tertiary/aromatic N) is 1. The summed E-state index contributed by atoms with van der Waals surface area (Å²) in [6, 6.07) is 17.7. The molecule has 1 N–H and O–H groups in total. The molecule has 2 heterocycles. The van der Waals surface area contributed by atoms with E-state index in [0.717, 1.165) is 47.0 Å². The molecule has 1 aromatic heterocycles. The number of halogens is 1. The van der Waals surface area contributed by atoms with Gasteiger partial charge in [0, 0.05) is 33.8 Å². The first kappa shape index (κ1) is 24.6. The fourth-order valence-corrected chi connectivity index (χ4v) is 5.90. The van der Waals surface area contributed by atoms with Gasteiger partial charge in [-0.05, 0) is 92.0 Å². The molecule has 0 radical (unpaired) electrons. The Kier molecular flexibility index (Phi) is 7.19. The molecule has 3 aromatic carbocycles. The Morgan fingerprint density at radius 2 is 1.89 bits per heavy atom. The lowest BCUT2D eigenvalue weighted by molar-refractivity contribution is 0.104. The number of carbonyl (C=O) groups excluding carboxylic acids is 1. The van der Waals surface area contributed by atoms with Gasteiger partial charge >= 0.3 is 0 Å². The molecule has 0 amide bonds. The van der Waals surface area contributed by atoms with E-state index in [4.69, 9.17) is 21.1 Å². The Morgan fingerprint density at radius 1 is 1.11 bits per heavy atom. The lowest BCUT2D eigenvalue weighted by Crippen LogP contribution is -2.25. The average Bonchev–Trinajstić information content (AvgIpc) is 3.42. The SMILES string of the molecule is Cc1cc(Cl)ccc1C(=O)c1sc2cc(O)ccc2c1Oc1ccc(OCCN2CC[C@H](C)C2)cc1. The Labute approximate surface area is 219 Å². The van der Waals surface area contributed by atoms with Crippen molar-refractivity contribution in [3.8, 4) is 23.0 Å². The van der Waals surface area contributed by atoms with Crippen LogP contribution in [0.5, 0.6) is 23.0 Å². The van der Waals surface area contributed by atoms with Crippen molar-refractivity contribution in [1.29, 1.82) is 0 Å². The third kappa shape index (κ3) is 5.36. The van der Waals surface area contributed by atoms with Crippen molar-refractivity contribution in [3.05, 3.63) is 81.7 Å². The highest BCUT2D eigenvalue weighted by molar-refractivity contribution is 7.21. The summed E-state index contributed by atoms with van der Waals surface area (Å²) >= 11 is 7.40. The van der Waals surface area contributed by atoms with Crippen LogP contribution < -0.4 is 9.47 Å². The predicted octanol–water partition coefficient (Wildman–Crippen LogP) is 7.31. The second-order valence-electron chi connectivity index (χ2n) is 9.35. The van der Waals surface area contributed by atoms with Gasteiger partial charge in [0.2, 0.25) is 5.78 Å². The Hall–Kier alpha value is -3.06. The first-order chi connectivity index (χ1) is 17.4. The van der Waals surface area contributed by atoms with Crippen LogP contribution in [0.25, 0.3) is 10.1 Å². The van der Waals surface area contributed by atoms with Crippen molar-refractivity contribution in [1.82, 2.24) is 4.90 Å². The molecular weight excluding hydrogens is 494 g/mol. The van der Waals surface area contributed by atoms with E-state index >= 15 is 0 Å². The molecule has 0 saturated carbocycles. The fourth-order valence-electron chi connectivity index (χ4n) is 4.56. The maximum Gasteiger partial charge on any atom is 0.207 e. The van der Waals surface area contributed by atoms with Gasteiger partial charge in [0.15, 0.2) is 5.75 Å². The van der Waals surface area contributed by atoms with Crippen LogP contribution >= 0.6 is 22.9 Å². The highest BCUT2D eigenvalue weighted by atomic mass is 35.5. The van der Waals surface area contributed by atoms with Crippen molar-refractivity contribution in [2.45, 2.75) is 20.3 Å². The van der Waals surface area contributed by atoms with Crippen molar-refractivity contribution >= 4 is 38.8 Å². The lowest BCUT2D eigenvalue weighted by Gasteiger charge is -2.15. The van der Waals surface area contributed by atoms with Crippen LogP contribution in [-0.2, 0) is 0 Å². The number of hydrogen-bond acceptors (Lipinski definition) is 6. The first-order valence-electron chi connectivity index (χ1n) is 12.1. The molecule has 0 bridgehead atoms. The van der Waals surface area contributed by atoms with E-state index in [1.54, 1.807) is 36.4 Å². The Balaban J connectivity index is 1.37. The van der Waals surface area contributed by atoms with Crippen LogP contribution in [0, 0.1) is 12.8 Å². The van der Waals surface area contributed by atoms with Gasteiger partial charge in [0.1, 0.15) is 28.7 Å². The molecule has 7 heteroatoms. The number of fused-ring (bicyclic) bond motifs is 1. The number of phenolic OH excluding ortho intramolecular Hbond substituents is 1. The van der Waals surface area contributed by atoms with Gasteiger partial charge in [-0.25, -0.2) is 0 Å². The number of hydrogen-bond donors (Lipinski definition) is 1. The van der Waals surface area contributed by atoms with Crippen molar-refractivity contribution in [3.63, 3.8) is 0 Å². The minimum atomic E-state index is -0.143. The van der Waals surface area contributed by atoms with Crippen molar-refractivity contribution in [2.75, 3.05) is 26.2 Å². The van der Waals surface area contributed by atoms with E-state index in [1.807, 2.05) is 31.2 Å². The quantitative estimate of drug-likeness (QED) is 0.246. The van der Waals surface area contributed by atoms with E-state index in [-0.39, 0.29) is 11.5 Å². The van der Waals surface area contributed by atoms with Gasteiger partial charge in [-0.3, -0.25) is 9.69 Å². The number of rotatable bonds is 8. The van der Waals surface area contributed by atoms with Crippen LogP contribution in [0.4, 0.5) is 0 Å². The number of aromatic hydroxyl groups is 1. The molecule has 4 aromatic rings. The van der Waals surface area contributed by atoms with E-state index < -0.39 is 0 Å². The van der Waals surface area contributed by atoms with Crippen LogP contribution in [0.1, 0.15) is 34.1 Å². The summed E-state index contributed by atoms with van der Waals surface area (Å²) in [4.78, 5) is 16.5. The Bertz CT molecular complexity index is 1400. The third-order valence-electron chi connectivity index (χ3n) is 6.50. The Morgan fingerprint density at radius 3 is 2.61 bits per heavy atom. The fraction of sp³-hybridized carbons (Fsp3) is 0.276. The maximum atomic E-state index is 13.5. The summed E-state index contributed by atoms with van der Waals surface area (Å²) in [5.41, 5.74) is 1.36. The number of aryl methyl sites for hydroxylation is 1. The van der Waals surface area contributed by atoms with E-state index in [9.17, 15) is 9.90 Å². The second kappa shape index (κ2) is 10.5. The smallest absolute Gasteiger partial charge is 0.207 e. The molecule has 1 atom stereocenters. The summed E-state index contributed by atoms with van der Waals surface area (Å²) < 4.78 is 13.0. The number of phenols is 1. The van der Waals surface area contributed by atoms with Gasteiger partial charge < -0.3 is 14.6 Å². The normalized spacial score (nSPS) is 15.9. The second-order valence-corrected chi connectivity index (χ2v) is 10.8. The van der Waals surface area contributed by atoms with Crippen molar-refractivity contribution < 1.29 is 19.4 Å². The summed E-state index contributed by atoms with van der Waals surface area (Å²) in [6.45, 7) is 7.99.